The predicted octanol–water partition coefficient (Wildman–Crippen LogP) is 2.96. The van der Waals surface area contributed by atoms with Gasteiger partial charge in [0.2, 0.25) is 0 Å². The van der Waals surface area contributed by atoms with Crippen molar-refractivity contribution >= 4 is 5.91 Å². The number of hydrogen-bond acceptors (Lipinski definition) is 3. The molecule has 1 heterocycles. The van der Waals surface area contributed by atoms with Crippen molar-refractivity contribution in [1.29, 1.82) is 0 Å². The van der Waals surface area contributed by atoms with Gasteiger partial charge in [0.1, 0.15) is 5.75 Å². The van der Waals surface area contributed by atoms with Crippen molar-refractivity contribution in [1.82, 2.24) is 14.9 Å². The third kappa shape index (κ3) is 4.01. The van der Waals surface area contributed by atoms with Gasteiger partial charge in [-0.15, -0.1) is 0 Å². The summed E-state index contributed by atoms with van der Waals surface area (Å²) < 4.78 is 7.54. The Hall–Kier alpha value is -3.08. The Labute approximate surface area is 140 Å². The molecule has 0 bridgehead atoms. The maximum absolute atomic E-state index is 12.1. The normalized spacial score (nSPS) is 11.7. The first kappa shape index (κ1) is 15.8. The molecule has 24 heavy (non-hydrogen) atoms. The van der Waals surface area contributed by atoms with Gasteiger partial charge in [-0.3, -0.25) is 4.79 Å². The number of para-hydroxylation sites is 1. The Bertz CT molecular complexity index is 768. The van der Waals surface area contributed by atoms with Crippen LogP contribution in [0, 0.1) is 0 Å². The Kier molecular flexibility index (Phi) is 4.91. The second kappa shape index (κ2) is 7.46. The molecule has 1 atom stereocenters. The number of carbonyl (C=O) groups is 1. The summed E-state index contributed by atoms with van der Waals surface area (Å²) in [5.41, 5.74) is 2.06. The van der Waals surface area contributed by atoms with E-state index in [1.165, 1.54) is 0 Å². The number of nitrogens with zero attached hydrogens (tertiary/aromatic N) is 2. The number of aromatic nitrogens is 2. The molecule has 0 radical (unpaired) electrons. The van der Waals surface area contributed by atoms with Crippen molar-refractivity contribution in [3.05, 3.63) is 78.9 Å². The number of rotatable bonds is 6. The van der Waals surface area contributed by atoms with Crippen LogP contribution in [0.1, 0.15) is 12.5 Å². The van der Waals surface area contributed by atoms with Crippen molar-refractivity contribution in [2.75, 3.05) is 0 Å². The fourth-order valence-electron chi connectivity index (χ4n) is 2.29. The number of imidazole rings is 1. The summed E-state index contributed by atoms with van der Waals surface area (Å²) in [6.45, 7) is 2.20. The number of ether oxygens (including phenoxy) is 1. The van der Waals surface area contributed by atoms with Crippen LogP contribution in [-0.2, 0) is 11.3 Å². The molecular weight excluding hydrogens is 302 g/mol. The van der Waals surface area contributed by atoms with Gasteiger partial charge in [-0.05, 0) is 36.8 Å². The van der Waals surface area contributed by atoms with Gasteiger partial charge in [0.15, 0.2) is 6.10 Å². The van der Waals surface area contributed by atoms with Gasteiger partial charge in [-0.25, -0.2) is 4.98 Å². The second-order valence-electron chi connectivity index (χ2n) is 5.43. The lowest BCUT2D eigenvalue weighted by Gasteiger charge is -2.14. The summed E-state index contributed by atoms with van der Waals surface area (Å²) in [5, 5.41) is 2.89. The van der Waals surface area contributed by atoms with Crippen LogP contribution in [0.25, 0.3) is 5.69 Å². The number of nitrogens with one attached hydrogen (secondary N) is 1. The Morgan fingerprint density at radius 3 is 2.58 bits per heavy atom. The summed E-state index contributed by atoms with van der Waals surface area (Å²) >= 11 is 0. The molecule has 0 aliphatic rings. The minimum absolute atomic E-state index is 0.141. The quantitative estimate of drug-likeness (QED) is 0.759. The van der Waals surface area contributed by atoms with Crippen LogP contribution in [0.2, 0.25) is 0 Å². The molecule has 0 aliphatic carbocycles. The summed E-state index contributed by atoms with van der Waals surface area (Å²) in [4.78, 5) is 16.2. The molecule has 1 N–H and O–H groups in total. The van der Waals surface area contributed by atoms with Crippen LogP contribution in [0.15, 0.2) is 73.3 Å². The Balaban J connectivity index is 1.52. The minimum atomic E-state index is -0.544. The highest BCUT2D eigenvalue weighted by Gasteiger charge is 2.14. The van der Waals surface area contributed by atoms with Gasteiger partial charge < -0.3 is 14.6 Å². The molecule has 0 spiro atoms. The monoisotopic (exact) mass is 321 g/mol. The molecule has 5 nitrogen and oxygen atoms in total. The molecule has 0 saturated heterocycles. The fourth-order valence-corrected chi connectivity index (χ4v) is 2.29. The van der Waals surface area contributed by atoms with E-state index in [1.807, 2.05) is 65.4 Å². The van der Waals surface area contributed by atoms with Gasteiger partial charge in [-0.1, -0.05) is 30.3 Å². The van der Waals surface area contributed by atoms with E-state index in [4.69, 9.17) is 4.74 Å². The average molecular weight is 321 g/mol. The molecule has 2 aromatic carbocycles. The van der Waals surface area contributed by atoms with Crippen molar-refractivity contribution in [2.45, 2.75) is 19.6 Å². The maximum Gasteiger partial charge on any atom is 0.261 e. The van der Waals surface area contributed by atoms with E-state index < -0.39 is 6.10 Å². The van der Waals surface area contributed by atoms with E-state index >= 15 is 0 Å². The van der Waals surface area contributed by atoms with Crippen molar-refractivity contribution in [2.24, 2.45) is 0 Å². The van der Waals surface area contributed by atoms with Crippen LogP contribution in [0.3, 0.4) is 0 Å². The zero-order chi connectivity index (χ0) is 16.8. The molecule has 1 unspecified atom stereocenters. The van der Waals surface area contributed by atoms with Gasteiger partial charge in [0, 0.05) is 24.6 Å². The standard InChI is InChI=1S/C19H19N3O2/c1-15(24-18-5-3-2-4-6-18)19(23)21-13-16-7-9-17(10-8-16)22-12-11-20-14-22/h2-12,14-15H,13H2,1H3,(H,21,23). The third-order valence-electron chi connectivity index (χ3n) is 3.63. The maximum atomic E-state index is 12.1. The van der Waals surface area contributed by atoms with Gasteiger partial charge >= 0.3 is 0 Å². The largest absolute Gasteiger partial charge is 0.481 e. The molecule has 5 heteroatoms. The smallest absolute Gasteiger partial charge is 0.261 e. The predicted molar refractivity (Wildman–Crippen MR) is 91.9 cm³/mol. The molecule has 0 saturated carbocycles. The van der Waals surface area contributed by atoms with Gasteiger partial charge in [-0.2, -0.15) is 0 Å². The molecule has 1 aromatic heterocycles. The summed E-state index contributed by atoms with van der Waals surface area (Å²) in [6.07, 6.45) is 4.83. The fraction of sp³-hybridized carbons (Fsp3) is 0.158. The van der Waals surface area contributed by atoms with Crippen LogP contribution in [0.5, 0.6) is 5.75 Å². The Morgan fingerprint density at radius 2 is 1.92 bits per heavy atom. The highest BCUT2D eigenvalue weighted by Crippen LogP contribution is 2.11. The molecule has 1 amide bonds. The number of hydrogen-bond donors (Lipinski definition) is 1. The van der Waals surface area contributed by atoms with Gasteiger partial charge in [0.05, 0.1) is 6.33 Å². The van der Waals surface area contributed by atoms with E-state index in [-0.39, 0.29) is 5.91 Å². The number of amides is 1. The number of benzene rings is 2. The van der Waals surface area contributed by atoms with Gasteiger partial charge in [0.25, 0.3) is 5.91 Å². The summed E-state index contributed by atoms with van der Waals surface area (Å²) in [6, 6.07) is 17.3. The SMILES string of the molecule is CC(Oc1ccccc1)C(=O)NCc1ccc(-n2ccnc2)cc1. The topological polar surface area (TPSA) is 56.1 Å². The van der Waals surface area contributed by atoms with Crippen LogP contribution in [0.4, 0.5) is 0 Å². The third-order valence-corrected chi connectivity index (χ3v) is 3.63. The van der Waals surface area contributed by atoms with Crippen molar-refractivity contribution < 1.29 is 9.53 Å². The lowest BCUT2D eigenvalue weighted by Crippen LogP contribution is -2.35. The molecule has 0 fully saturated rings. The van der Waals surface area contributed by atoms with E-state index in [1.54, 1.807) is 19.4 Å². The molecular formula is C19H19N3O2. The number of carbonyl (C=O) groups excluding carboxylic acids is 1. The highest BCUT2D eigenvalue weighted by molar-refractivity contribution is 5.80. The zero-order valence-corrected chi connectivity index (χ0v) is 13.4. The van der Waals surface area contributed by atoms with Crippen LogP contribution < -0.4 is 10.1 Å². The van der Waals surface area contributed by atoms with Crippen LogP contribution in [-0.4, -0.2) is 21.6 Å². The average Bonchev–Trinajstić information content (AvgIpc) is 3.15. The van der Waals surface area contributed by atoms with E-state index in [0.717, 1.165) is 11.3 Å². The van der Waals surface area contributed by atoms with E-state index in [2.05, 4.69) is 10.3 Å². The van der Waals surface area contributed by atoms with Crippen molar-refractivity contribution in [3.8, 4) is 11.4 Å². The summed E-state index contributed by atoms with van der Waals surface area (Å²) in [7, 11) is 0. The lowest BCUT2D eigenvalue weighted by molar-refractivity contribution is -0.127. The second-order valence-corrected chi connectivity index (χ2v) is 5.43. The molecule has 3 rings (SSSR count). The van der Waals surface area contributed by atoms with Crippen LogP contribution >= 0.6 is 0 Å². The first-order valence-electron chi connectivity index (χ1n) is 7.79. The molecule has 122 valence electrons. The minimum Gasteiger partial charge on any atom is -0.481 e. The molecule has 3 aromatic rings. The first-order valence-corrected chi connectivity index (χ1v) is 7.79. The Morgan fingerprint density at radius 1 is 1.17 bits per heavy atom. The zero-order valence-electron chi connectivity index (χ0n) is 13.4. The summed E-state index contributed by atoms with van der Waals surface area (Å²) in [5.74, 6) is 0.544. The van der Waals surface area contributed by atoms with Crippen molar-refractivity contribution in [3.63, 3.8) is 0 Å². The lowest BCUT2D eigenvalue weighted by atomic mass is 10.2. The highest BCUT2D eigenvalue weighted by atomic mass is 16.5. The first-order chi connectivity index (χ1) is 11.7. The van der Waals surface area contributed by atoms with E-state index in [9.17, 15) is 4.79 Å². The molecule has 0 aliphatic heterocycles. The van der Waals surface area contributed by atoms with E-state index in [0.29, 0.717) is 12.3 Å².